The molecule has 8 heteroatoms. The molecule has 15 heavy (non-hydrogen) atoms. The van der Waals surface area contributed by atoms with E-state index in [9.17, 15) is 9.59 Å². The Kier molecular flexibility index (Phi) is 2.69. The maximum absolute atomic E-state index is 11.3. The number of primary amides is 1. The predicted octanol–water partition coefficient (Wildman–Crippen LogP) is -0.0430. The average Bonchev–Trinajstić information content (AvgIpc) is 2.59. The van der Waals surface area contributed by atoms with Crippen LogP contribution in [0.2, 0.25) is 0 Å². The molecule has 6 nitrogen and oxygen atoms in total. The van der Waals surface area contributed by atoms with Gasteiger partial charge in [0.1, 0.15) is 4.70 Å². The van der Waals surface area contributed by atoms with Crippen LogP contribution < -0.4 is 11.3 Å². The molecule has 3 N–H and O–H groups in total. The second-order valence-corrected chi connectivity index (χ2v) is 4.84. The highest BCUT2D eigenvalue weighted by atomic mass is 32.2. The molecule has 0 unspecified atom stereocenters. The van der Waals surface area contributed by atoms with Gasteiger partial charge in [-0.25, -0.2) is 9.97 Å². The average molecular weight is 242 g/mol. The van der Waals surface area contributed by atoms with Gasteiger partial charge in [0.15, 0.2) is 9.99 Å². The molecular weight excluding hydrogens is 236 g/mol. The molecule has 0 aliphatic rings. The topological polar surface area (TPSA) is 102 Å². The summed E-state index contributed by atoms with van der Waals surface area (Å²) in [5, 5.41) is 0. The number of carbonyl (C=O) groups excluding carboxylic acids is 1. The van der Waals surface area contributed by atoms with Crippen molar-refractivity contribution in [2.45, 2.75) is 4.34 Å². The van der Waals surface area contributed by atoms with Crippen LogP contribution in [0.1, 0.15) is 0 Å². The third-order valence-corrected chi connectivity index (χ3v) is 3.72. The molecule has 2 heterocycles. The molecule has 0 radical (unpaired) electrons. The lowest BCUT2D eigenvalue weighted by atomic mass is 10.6. The molecule has 2 aromatic rings. The smallest absolute Gasteiger partial charge is 0.270 e. The highest BCUT2D eigenvalue weighted by molar-refractivity contribution is 8.01. The Morgan fingerprint density at radius 3 is 3.13 bits per heavy atom. The fourth-order valence-corrected chi connectivity index (χ4v) is 2.67. The van der Waals surface area contributed by atoms with Crippen LogP contribution in [0.3, 0.4) is 0 Å². The first-order valence-corrected chi connectivity index (χ1v) is 5.72. The summed E-state index contributed by atoms with van der Waals surface area (Å²) in [5.74, 6) is -0.265. The van der Waals surface area contributed by atoms with Crippen LogP contribution in [0, 0.1) is 0 Å². The standard InChI is InChI=1S/C7H6N4O2S2/c8-3(12)1-14-7-11-5-4(15-7)6(13)10-2-9-5/h2H,1H2,(H2,8,12)(H,9,10,13). The van der Waals surface area contributed by atoms with Crippen molar-refractivity contribution in [3.05, 3.63) is 16.7 Å². The molecule has 78 valence electrons. The van der Waals surface area contributed by atoms with E-state index in [-0.39, 0.29) is 11.3 Å². The van der Waals surface area contributed by atoms with Gasteiger partial charge in [-0.2, -0.15) is 0 Å². The normalized spacial score (nSPS) is 10.7. The summed E-state index contributed by atoms with van der Waals surface area (Å²) in [7, 11) is 0. The summed E-state index contributed by atoms with van der Waals surface area (Å²) in [6, 6.07) is 0. The number of fused-ring (bicyclic) bond motifs is 1. The van der Waals surface area contributed by atoms with E-state index < -0.39 is 5.91 Å². The number of thioether (sulfide) groups is 1. The molecule has 0 aromatic carbocycles. The monoisotopic (exact) mass is 242 g/mol. The molecule has 0 saturated carbocycles. The van der Waals surface area contributed by atoms with Gasteiger partial charge in [0, 0.05) is 0 Å². The van der Waals surface area contributed by atoms with E-state index in [1.54, 1.807) is 0 Å². The largest absolute Gasteiger partial charge is 0.369 e. The molecule has 0 aliphatic heterocycles. The molecule has 0 aliphatic carbocycles. The van der Waals surface area contributed by atoms with Crippen molar-refractivity contribution < 1.29 is 4.79 Å². The summed E-state index contributed by atoms with van der Waals surface area (Å²) < 4.78 is 1.08. The first-order chi connectivity index (χ1) is 7.16. The number of H-pyrrole nitrogens is 1. The van der Waals surface area contributed by atoms with E-state index in [0.29, 0.717) is 14.7 Å². The predicted molar refractivity (Wildman–Crippen MR) is 58.0 cm³/mol. The quantitative estimate of drug-likeness (QED) is 0.735. The molecule has 0 fully saturated rings. The zero-order valence-electron chi connectivity index (χ0n) is 7.39. The minimum absolute atomic E-state index is 0.151. The van der Waals surface area contributed by atoms with Crippen molar-refractivity contribution in [2.75, 3.05) is 5.75 Å². The summed E-state index contributed by atoms with van der Waals surface area (Å²) in [5.41, 5.74) is 5.18. The number of hydrogen-bond acceptors (Lipinski definition) is 6. The fraction of sp³-hybridized carbons (Fsp3) is 0.143. The van der Waals surface area contributed by atoms with Crippen LogP contribution in [0.25, 0.3) is 10.3 Å². The minimum Gasteiger partial charge on any atom is -0.369 e. The Morgan fingerprint density at radius 1 is 1.67 bits per heavy atom. The van der Waals surface area contributed by atoms with Gasteiger partial charge in [-0.05, 0) is 0 Å². The molecule has 2 rings (SSSR count). The van der Waals surface area contributed by atoms with Crippen molar-refractivity contribution in [1.82, 2.24) is 15.0 Å². The Hall–Kier alpha value is -1.41. The Balaban J connectivity index is 2.35. The second kappa shape index (κ2) is 3.99. The van der Waals surface area contributed by atoms with Crippen molar-refractivity contribution in [3.63, 3.8) is 0 Å². The van der Waals surface area contributed by atoms with Crippen molar-refractivity contribution in [3.8, 4) is 0 Å². The maximum atomic E-state index is 11.3. The molecule has 2 aromatic heterocycles. The van der Waals surface area contributed by atoms with Crippen LogP contribution in [0.4, 0.5) is 0 Å². The van der Waals surface area contributed by atoms with Crippen LogP contribution in [0.5, 0.6) is 0 Å². The number of aromatic amines is 1. The van der Waals surface area contributed by atoms with Crippen LogP contribution in [-0.2, 0) is 4.79 Å². The van der Waals surface area contributed by atoms with Gasteiger partial charge in [-0.15, -0.1) is 11.3 Å². The van der Waals surface area contributed by atoms with Crippen LogP contribution >= 0.6 is 23.1 Å². The highest BCUT2D eigenvalue weighted by Crippen LogP contribution is 2.25. The SMILES string of the molecule is NC(=O)CSc1nc2nc[nH]c(=O)c2s1. The van der Waals surface area contributed by atoms with E-state index in [2.05, 4.69) is 15.0 Å². The zero-order valence-corrected chi connectivity index (χ0v) is 9.02. The lowest BCUT2D eigenvalue weighted by Crippen LogP contribution is -2.12. The summed E-state index contributed by atoms with van der Waals surface area (Å²) >= 11 is 2.41. The lowest BCUT2D eigenvalue weighted by Gasteiger charge is -1.89. The molecule has 1 amide bonds. The van der Waals surface area contributed by atoms with Gasteiger partial charge < -0.3 is 10.7 Å². The van der Waals surface area contributed by atoms with Gasteiger partial charge in [-0.1, -0.05) is 11.8 Å². The number of aromatic nitrogens is 3. The van der Waals surface area contributed by atoms with Gasteiger partial charge in [0.25, 0.3) is 5.56 Å². The number of thiazole rings is 1. The fourth-order valence-electron chi connectivity index (χ4n) is 0.941. The molecule has 0 atom stereocenters. The van der Waals surface area contributed by atoms with Gasteiger partial charge in [-0.3, -0.25) is 9.59 Å². The van der Waals surface area contributed by atoms with E-state index >= 15 is 0 Å². The first-order valence-electron chi connectivity index (χ1n) is 3.92. The van der Waals surface area contributed by atoms with E-state index in [0.717, 1.165) is 0 Å². The Labute approximate surface area is 91.9 Å². The number of hydrogen-bond donors (Lipinski definition) is 2. The van der Waals surface area contributed by atoms with Crippen molar-refractivity contribution >= 4 is 39.4 Å². The Bertz CT molecular complexity index is 561. The van der Waals surface area contributed by atoms with E-state index in [1.807, 2.05) is 0 Å². The number of nitrogens with zero attached hydrogens (tertiary/aromatic N) is 2. The second-order valence-electron chi connectivity index (χ2n) is 2.62. The zero-order chi connectivity index (χ0) is 10.8. The lowest BCUT2D eigenvalue weighted by molar-refractivity contribution is -0.115. The molecule has 0 bridgehead atoms. The number of amides is 1. The molecule has 0 spiro atoms. The number of rotatable bonds is 3. The number of nitrogens with two attached hydrogens (primary N) is 1. The number of carbonyl (C=O) groups is 1. The maximum Gasteiger partial charge on any atom is 0.270 e. The summed E-state index contributed by atoms with van der Waals surface area (Å²) in [4.78, 5) is 32.3. The summed E-state index contributed by atoms with van der Waals surface area (Å²) in [6.07, 6.45) is 1.30. The van der Waals surface area contributed by atoms with Crippen LogP contribution in [0.15, 0.2) is 15.5 Å². The third kappa shape index (κ3) is 2.16. The van der Waals surface area contributed by atoms with Crippen molar-refractivity contribution in [1.29, 1.82) is 0 Å². The Morgan fingerprint density at radius 2 is 2.47 bits per heavy atom. The van der Waals surface area contributed by atoms with Crippen molar-refractivity contribution in [2.24, 2.45) is 5.73 Å². The summed E-state index contributed by atoms with van der Waals surface area (Å²) in [6.45, 7) is 0. The number of nitrogens with one attached hydrogen (secondary N) is 1. The highest BCUT2D eigenvalue weighted by Gasteiger charge is 2.08. The van der Waals surface area contributed by atoms with Crippen LogP contribution in [-0.4, -0.2) is 26.6 Å². The molecular formula is C7H6N4O2S2. The van der Waals surface area contributed by atoms with Gasteiger partial charge in [0.2, 0.25) is 5.91 Å². The first kappa shape index (κ1) is 10.1. The van der Waals surface area contributed by atoms with Gasteiger partial charge >= 0.3 is 0 Å². The van der Waals surface area contributed by atoms with E-state index in [4.69, 9.17) is 5.73 Å². The van der Waals surface area contributed by atoms with Gasteiger partial charge in [0.05, 0.1) is 12.1 Å². The molecule has 0 saturated heterocycles. The third-order valence-electron chi connectivity index (χ3n) is 1.52. The minimum atomic E-state index is -0.416. The van der Waals surface area contributed by atoms with E-state index in [1.165, 1.54) is 29.4 Å².